The Kier molecular flexibility index (Phi) is 15.5. The Morgan fingerprint density at radius 2 is 0.938 bits per heavy atom. The summed E-state index contributed by atoms with van der Waals surface area (Å²) in [5, 5.41) is 32.5. The van der Waals surface area contributed by atoms with Crippen LogP contribution in [0.4, 0.5) is 0 Å². The molecule has 7 heteroatoms. The van der Waals surface area contributed by atoms with E-state index in [1.54, 1.807) is 62.3 Å². The van der Waals surface area contributed by atoms with Crippen LogP contribution in [-0.4, -0.2) is 17.9 Å². The average Bonchev–Trinajstić information content (AvgIpc) is 2.95. The first kappa shape index (κ1) is 34.7. The quantitative estimate of drug-likeness (QED) is 0.488. The number of carbonyl (C=O) groups excluding carboxylic acids is 3. The molecule has 6 nitrogen and oxygen atoms in total. The van der Waals surface area contributed by atoms with Crippen molar-refractivity contribution in [2.75, 3.05) is 0 Å². The van der Waals surface area contributed by atoms with E-state index in [1.165, 1.54) is 16.3 Å². The van der Waals surface area contributed by atoms with Gasteiger partial charge in [-0.25, -0.2) is 0 Å². The molecule has 32 heavy (non-hydrogen) atoms. The Balaban J connectivity index is -0.000000354. The molecule has 0 radical (unpaired) electrons. The van der Waals surface area contributed by atoms with E-state index < -0.39 is 34.2 Å². The zero-order chi connectivity index (χ0) is 25.2. The molecule has 0 fully saturated rings. The van der Waals surface area contributed by atoms with Crippen molar-refractivity contribution >= 4 is 28.7 Å². The van der Waals surface area contributed by atoms with Gasteiger partial charge in [-0.15, -0.1) is 34.5 Å². The summed E-state index contributed by atoms with van der Waals surface area (Å²) in [7, 11) is 0. The summed E-state index contributed by atoms with van der Waals surface area (Å²) < 4.78 is 0. The minimum atomic E-state index is -1.01. The van der Waals surface area contributed by atoms with Crippen LogP contribution in [0.5, 0.6) is 0 Å². The summed E-state index contributed by atoms with van der Waals surface area (Å²) in [4.78, 5) is 29.7. The molecule has 0 bridgehead atoms. The molecule has 2 rings (SSSR count). The smallest absolute Gasteiger partial charge is 0.550 e. The molecule has 2 aromatic carbocycles. The van der Waals surface area contributed by atoms with Crippen LogP contribution in [0.3, 0.4) is 0 Å². The maximum atomic E-state index is 9.91. The summed E-state index contributed by atoms with van der Waals surface area (Å²) in [5.74, 6) is -3.02. The molecule has 0 aliphatic rings. The van der Waals surface area contributed by atoms with Crippen molar-refractivity contribution in [3.63, 3.8) is 0 Å². The second kappa shape index (κ2) is 14.3. The number of aryl methyl sites for hydroxylation is 1. The molecular weight excluding hydrogens is 487 g/mol. The molecule has 0 aromatic heterocycles. The SMILES string of the molecule is CC(C)(C)C(=O)[O-].CC(C)(C)C(=O)[O-].CC(C)(C)C(=O)[O-].C[c-]1ccc2ccccc21.[Zr+4]. The molecule has 0 aliphatic carbocycles. The molecule has 0 saturated carbocycles. The van der Waals surface area contributed by atoms with E-state index in [-0.39, 0.29) is 26.2 Å². The van der Waals surface area contributed by atoms with Gasteiger partial charge in [-0.2, -0.15) is 12.1 Å². The minimum Gasteiger partial charge on any atom is -0.550 e. The maximum Gasteiger partial charge on any atom is 4.00 e. The molecule has 0 N–H and O–H groups in total. The Morgan fingerprint density at radius 3 is 1.19 bits per heavy atom. The number of fused-ring (bicyclic) bond motifs is 1. The normalized spacial score (nSPS) is 10.7. The average molecular weight is 524 g/mol. The second-order valence-electron chi connectivity index (χ2n) is 10.2. The maximum absolute atomic E-state index is 9.91. The van der Waals surface area contributed by atoms with Crippen LogP contribution in [0.15, 0.2) is 36.4 Å². The van der Waals surface area contributed by atoms with Gasteiger partial charge in [0.05, 0.1) is 0 Å². The topological polar surface area (TPSA) is 120 Å². The third kappa shape index (κ3) is 15.9. The van der Waals surface area contributed by atoms with E-state index in [2.05, 4.69) is 43.3 Å². The molecule has 2 aromatic rings. The summed E-state index contributed by atoms with van der Waals surface area (Å²) >= 11 is 0. The number of hydrogen-bond donors (Lipinski definition) is 0. The molecule has 176 valence electrons. The van der Waals surface area contributed by atoms with Crippen molar-refractivity contribution in [2.45, 2.75) is 69.2 Å². The Labute approximate surface area is 211 Å². The van der Waals surface area contributed by atoms with Crippen LogP contribution in [-0.2, 0) is 40.6 Å². The fraction of sp³-hybridized carbons (Fsp3) is 0.520. The number of hydrogen-bond acceptors (Lipinski definition) is 6. The van der Waals surface area contributed by atoms with Crippen molar-refractivity contribution in [3.8, 4) is 0 Å². The number of aliphatic carboxylic acids is 3. The van der Waals surface area contributed by atoms with Gasteiger partial charge in [-0.1, -0.05) is 75.3 Å². The fourth-order valence-corrected chi connectivity index (χ4v) is 1.31. The van der Waals surface area contributed by atoms with Crippen LogP contribution >= 0.6 is 0 Å². The molecule has 0 atom stereocenters. The molecular formula is C25H36O6Zr. The van der Waals surface area contributed by atoms with Gasteiger partial charge in [0.25, 0.3) is 0 Å². The van der Waals surface area contributed by atoms with Crippen LogP contribution in [0.1, 0.15) is 67.9 Å². The summed E-state index contributed by atoms with van der Waals surface area (Å²) in [6.45, 7) is 16.5. The van der Waals surface area contributed by atoms with Crippen molar-refractivity contribution in [3.05, 3.63) is 42.0 Å². The van der Waals surface area contributed by atoms with Crippen molar-refractivity contribution in [2.24, 2.45) is 16.2 Å². The predicted octanol–water partition coefficient (Wildman–Crippen LogP) is 2.21. The van der Waals surface area contributed by atoms with Crippen molar-refractivity contribution in [1.29, 1.82) is 0 Å². The first-order chi connectivity index (χ1) is 13.7. The molecule has 0 amide bonds. The van der Waals surface area contributed by atoms with Crippen LogP contribution in [0.2, 0.25) is 0 Å². The van der Waals surface area contributed by atoms with E-state index in [4.69, 9.17) is 0 Å². The van der Waals surface area contributed by atoms with Gasteiger partial charge >= 0.3 is 26.2 Å². The summed E-state index contributed by atoms with van der Waals surface area (Å²) in [6.07, 6.45) is 0. The second-order valence-corrected chi connectivity index (χ2v) is 10.2. The van der Waals surface area contributed by atoms with Gasteiger partial charge in [0.1, 0.15) is 0 Å². The third-order valence-corrected chi connectivity index (χ3v) is 3.74. The third-order valence-electron chi connectivity index (χ3n) is 3.74. The Bertz CT molecular complexity index is 789. The van der Waals surface area contributed by atoms with Gasteiger partial charge < -0.3 is 29.7 Å². The van der Waals surface area contributed by atoms with Crippen molar-refractivity contribution in [1.82, 2.24) is 0 Å². The zero-order valence-electron chi connectivity index (χ0n) is 20.9. The number of carboxylic acid groups (broad SMARTS) is 3. The predicted molar refractivity (Wildman–Crippen MR) is 118 cm³/mol. The van der Waals surface area contributed by atoms with Gasteiger partial charge in [-0.05, 0) is 0 Å². The zero-order valence-corrected chi connectivity index (χ0v) is 23.4. The number of carbonyl (C=O) groups is 3. The van der Waals surface area contributed by atoms with Gasteiger partial charge in [-0.3, -0.25) is 0 Å². The van der Waals surface area contributed by atoms with Crippen LogP contribution in [0, 0.1) is 23.2 Å². The van der Waals surface area contributed by atoms with Gasteiger partial charge in [0.2, 0.25) is 0 Å². The van der Waals surface area contributed by atoms with Gasteiger partial charge in [0, 0.05) is 34.2 Å². The summed E-state index contributed by atoms with van der Waals surface area (Å²) in [5.41, 5.74) is -0.712. The number of rotatable bonds is 0. The molecule has 0 aliphatic heterocycles. The monoisotopic (exact) mass is 522 g/mol. The standard InChI is InChI=1S/C10H9.3C5H10O2.Zr/c1-8-6-7-9-4-2-3-5-10(8)9;3*1-5(2,3)4(6)7;/h2-7H,1H3;3*1-3H3,(H,6,7);/q-1;;;;+4/p-3. The number of benzene rings is 1. The van der Waals surface area contributed by atoms with Crippen molar-refractivity contribution < 1.29 is 55.9 Å². The van der Waals surface area contributed by atoms with E-state index in [0.29, 0.717) is 0 Å². The van der Waals surface area contributed by atoms with Gasteiger partial charge in [0.15, 0.2) is 0 Å². The largest absolute Gasteiger partial charge is 4.00 e. The van der Waals surface area contributed by atoms with E-state index in [1.807, 2.05) is 0 Å². The number of carboxylic acids is 3. The van der Waals surface area contributed by atoms with E-state index in [9.17, 15) is 29.7 Å². The molecule has 0 saturated heterocycles. The Morgan fingerprint density at radius 1 is 0.656 bits per heavy atom. The van der Waals surface area contributed by atoms with Crippen LogP contribution < -0.4 is 15.3 Å². The van der Waals surface area contributed by atoms with E-state index >= 15 is 0 Å². The Hall–Kier alpha value is -1.88. The summed E-state index contributed by atoms with van der Waals surface area (Å²) in [6, 6.07) is 12.8. The fourth-order valence-electron chi connectivity index (χ4n) is 1.31. The molecule has 0 unspecified atom stereocenters. The molecule has 0 heterocycles. The van der Waals surface area contributed by atoms with Crippen LogP contribution in [0.25, 0.3) is 10.8 Å². The van der Waals surface area contributed by atoms with E-state index in [0.717, 1.165) is 0 Å². The first-order valence-corrected chi connectivity index (χ1v) is 9.96. The molecule has 0 spiro atoms. The first-order valence-electron chi connectivity index (χ1n) is 9.96. The minimum absolute atomic E-state index is 0.